The van der Waals surface area contributed by atoms with Gasteiger partial charge in [-0.25, -0.2) is 9.59 Å². The SMILES string of the molecule is O=C(O)COc1c(C(=O)O)sc2cc(OCc3ccccc3)ccc12. The molecule has 0 bridgehead atoms. The Labute approximate surface area is 146 Å². The summed E-state index contributed by atoms with van der Waals surface area (Å²) in [4.78, 5) is 22.0. The minimum atomic E-state index is -1.17. The number of hydrogen-bond donors (Lipinski definition) is 2. The van der Waals surface area contributed by atoms with Crippen LogP contribution >= 0.6 is 11.3 Å². The molecule has 0 saturated carbocycles. The Morgan fingerprint density at radius 3 is 2.44 bits per heavy atom. The van der Waals surface area contributed by atoms with Crippen LogP contribution in [0.3, 0.4) is 0 Å². The molecule has 128 valence electrons. The first kappa shape index (κ1) is 16.8. The van der Waals surface area contributed by atoms with Crippen LogP contribution in [-0.4, -0.2) is 28.8 Å². The van der Waals surface area contributed by atoms with Crippen molar-refractivity contribution in [2.75, 3.05) is 6.61 Å². The molecule has 1 aromatic heterocycles. The number of hydrogen-bond acceptors (Lipinski definition) is 5. The zero-order valence-corrected chi connectivity index (χ0v) is 13.8. The summed E-state index contributed by atoms with van der Waals surface area (Å²) in [5, 5.41) is 18.6. The lowest BCUT2D eigenvalue weighted by molar-refractivity contribution is -0.139. The van der Waals surface area contributed by atoms with Gasteiger partial charge in [0.25, 0.3) is 0 Å². The molecule has 2 aromatic carbocycles. The minimum Gasteiger partial charge on any atom is -0.489 e. The quantitative estimate of drug-likeness (QED) is 0.670. The average molecular weight is 358 g/mol. The third-order valence-corrected chi connectivity index (χ3v) is 4.52. The molecule has 0 fully saturated rings. The van der Waals surface area contributed by atoms with Crippen LogP contribution in [0.2, 0.25) is 0 Å². The number of benzene rings is 2. The summed E-state index contributed by atoms with van der Waals surface area (Å²) in [5.74, 6) is -1.66. The molecule has 2 N–H and O–H groups in total. The topological polar surface area (TPSA) is 93.1 Å². The van der Waals surface area contributed by atoms with E-state index in [1.54, 1.807) is 18.2 Å². The average Bonchev–Trinajstić information content (AvgIpc) is 2.97. The minimum absolute atomic E-state index is 0.0311. The number of aliphatic carboxylic acids is 1. The van der Waals surface area contributed by atoms with E-state index in [2.05, 4.69) is 0 Å². The van der Waals surface area contributed by atoms with E-state index in [9.17, 15) is 14.7 Å². The second-order valence-corrected chi connectivity index (χ2v) is 6.23. The van der Waals surface area contributed by atoms with Gasteiger partial charge < -0.3 is 19.7 Å². The van der Waals surface area contributed by atoms with Crippen LogP contribution in [0.15, 0.2) is 48.5 Å². The number of carbonyl (C=O) groups is 2. The van der Waals surface area contributed by atoms with Crippen molar-refractivity contribution in [3.63, 3.8) is 0 Å². The highest BCUT2D eigenvalue weighted by Crippen LogP contribution is 2.39. The number of carboxylic acids is 2. The van der Waals surface area contributed by atoms with Crippen LogP contribution in [0.4, 0.5) is 0 Å². The van der Waals surface area contributed by atoms with Crippen LogP contribution in [-0.2, 0) is 11.4 Å². The Morgan fingerprint density at radius 1 is 1.00 bits per heavy atom. The maximum atomic E-state index is 11.4. The molecule has 0 radical (unpaired) electrons. The van der Waals surface area contributed by atoms with E-state index < -0.39 is 18.5 Å². The molecule has 1 heterocycles. The standard InChI is InChI=1S/C18H14O6S/c19-15(20)10-24-16-13-7-6-12(8-14(13)25-17(16)18(21)22)23-9-11-4-2-1-3-5-11/h1-8H,9-10H2,(H,19,20)(H,21,22). The fourth-order valence-electron chi connectivity index (χ4n) is 2.30. The van der Waals surface area contributed by atoms with E-state index in [0.717, 1.165) is 16.9 Å². The monoisotopic (exact) mass is 358 g/mol. The van der Waals surface area contributed by atoms with Gasteiger partial charge in [0, 0.05) is 10.1 Å². The molecule has 3 rings (SSSR count). The first-order valence-electron chi connectivity index (χ1n) is 7.36. The molecular formula is C18H14O6S. The number of thiophene rings is 1. The molecule has 0 aliphatic rings. The summed E-state index contributed by atoms with van der Waals surface area (Å²) < 4.78 is 11.6. The van der Waals surface area contributed by atoms with Crippen LogP contribution in [0, 0.1) is 0 Å². The largest absolute Gasteiger partial charge is 0.489 e. The number of fused-ring (bicyclic) bond motifs is 1. The predicted molar refractivity (Wildman–Crippen MR) is 92.7 cm³/mol. The van der Waals surface area contributed by atoms with Gasteiger partial charge in [-0.15, -0.1) is 11.3 Å². The van der Waals surface area contributed by atoms with Crippen molar-refractivity contribution in [1.29, 1.82) is 0 Å². The zero-order chi connectivity index (χ0) is 17.8. The van der Waals surface area contributed by atoms with Crippen molar-refractivity contribution < 1.29 is 29.3 Å². The normalized spacial score (nSPS) is 10.6. The van der Waals surface area contributed by atoms with Gasteiger partial charge in [0.1, 0.15) is 12.4 Å². The van der Waals surface area contributed by atoms with Gasteiger partial charge in [0.2, 0.25) is 0 Å². The number of ether oxygens (including phenoxy) is 2. The first-order valence-corrected chi connectivity index (χ1v) is 8.17. The maximum absolute atomic E-state index is 11.4. The molecule has 7 heteroatoms. The van der Waals surface area contributed by atoms with E-state index >= 15 is 0 Å². The molecule has 0 aliphatic heterocycles. The molecule has 0 amide bonds. The fourth-order valence-corrected chi connectivity index (χ4v) is 3.32. The summed E-state index contributed by atoms with van der Waals surface area (Å²) >= 11 is 1.02. The van der Waals surface area contributed by atoms with Gasteiger partial charge in [0.05, 0.1) is 0 Å². The summed E-state index contributed by atoms with van der Waals surface area (Å²) in [6.07, 6.45) is 0. The first-order chi connectivity index (χ1) is 12.0. The molecule has 0 saturated heterocycles. The Balaban J connectivity index is 1.87. The Kier molecular flexibility index (Phi) is 4.85. The lowest BCUT2D eigenvalue weighted by Crippen LogP contribution is -2.10. The van der Waals surface area contributed by atoms with Crippen molar-refractivity contribution in [3.05, 3.63) is 59.0 Å². The third kappa shape index (κ3) is 3.89. The number of rotatable bonds is 7. The summed E-state index contributed by atoms with van der Waals surface area (Å²) in [6.45, 7) is -0.204. The molecule has 3 aromatic rings. The highest BCUT2D eigenvalue weighted by atomic mass is 32.1. The van der Waals surface area contributed by atoms with E-state index in [1.807, 2.05) is 30.3 Å². The Bertz CT molecular complexity index is 916. The second kappa shape index (κ2) is 7.23. The molecule has 0 unspecified atom stereocenters. The van der Waals surface area contributed by atoms with Gasteiger partial charge in [0.15, 0.2) is 17.2 Å². The van der Waals surface area contributed by atoms with Gasteiger partial charge in [-0.2, -0.15) is 0 Å². The van der Waals surface area contributed by atoms with E-state index in [-0.39, 0.29) is 10.6 Å². The lowest BCUT2D eigenvalue weighted by atomic mass is 10.2. The molecule has 0 spiro atoms. The van der Waals surface area contributed by atoms with Gasteiger partial charge in [-0.1, -0.05) is 30.3 Å². The van der Waals surface area contributed by atoms with E-state index in [1.165, 1.54) is 0 Å². The highest BCUT2D eigenvalue weighted by molar-refractivity contribution is 7.21. The molecular weight excluding hydrogens is 344 g/mol. The Morgan fingerprint density at radius 2 is 1.76 bits per heavy atom. The molecule has 0 aliphatic carbocycles. The van der Waals surface area contributed by atoms with Crippen molar-refractivity contribution in [3.8, 4) is 11.5 Å². The van der Waals surface area contributed by atoms with Crippen LogP contribution < -0.4 is 9.47 Å². The lowest BCUT2D eigenvalue weighted by Gasteiger charge is -2.07. The maximum Gasteiger partial charge on any atom is 0.349 e. The van der Waals surface area contributed by atoms with Crippen molar-refractivity contribution in [1.82, 2.24) is 0 Å². The molecule has 6 nitrogen and oxygen atoms in total. The van der Waals surface area contributed by atoms with Crippen molar-refractivity contribution in [2.45, 2.75) is 6.61 Å². The second-order valence-electron chi connectivity index (χ2n) is 5.18. The number of aromatic carboxylic acids is 1. The third-order valence-electron chi connectivity index (χ3n) is 3.40. The fraction of sp³-hybridized carbons (Fsp3) is 0.111. The predicted octanol–water partition coefficient (Wildman–Crippen LogP) is 3.64. The van der Waals surface area contributed by atoms with Gasteiger partial charge in [-0.3, -0.25) is 0 Å². The van der Waals surface area contributed by atoms with Gasteiger partial charge >= 0.3 is 11.9 Å². The van der Waals surface area contributed by atoms with Crippen LogP contribution in [0.5, 0.6) is 11.5 Å². The van der Waals surface area contributed by atoms with E-state index in [0.29, 0.717) is 22.4 Å². The summed E-state index contributed by atoms with van der Waals surface area (Å²) in [7, 11) is 0. The molecule has 0 atom stereocenters. The summed E-state index contributed by atoms with van der Waals surface area (Å²) in [6, 6.07) is 14.8. The van der Waals surface area contributed by atoms with Gasteiger partial charge in [-0.05, 0) is 23.8 Å². The van der Waals surface area contributed by atoms with Crippen LogP contribution in [0.25, 0.3) is 10.1 Å². The zero-order valence-electron chi connectivity index (χ0n) is 13.0. The highest BCUT2D eigenvalue weighted by Gasteiger charge is 2.20. The van der Waals surface area contributed by atoms with Crippen molar-refractivity contribution >= 4 is 33.4 Å². The van der Waals surface area contributed by atoms with E-state index in [4.69, 9.17) is 14.6 Å². The Hall–Kier alpha value is -3.06. The van der Waals surface area contributed by atoms with Crippen LogP contribution in [0.1, 0.15) is 15.2 Å². The van der Waals surface area contributed by atoms with Crippen molar-refractivity contribution in [2.24, 2.45) is 0 Å². The smallest absolute Gasteiger partial charge is 0.349 e. The number of carboxylic acid groups (broad SMARTS) is 2. The summed E-state index contributed by atoms with van der Waals surface area (Å²) in [5.41, 5.74) is 1.02. The molecule has 25 heavy (non-hydrogen) atoms.